The smallest absolute Gasteiger partial charge is 0.333 e. The van der Waals surface area contributed by atoms with E-state index in [0.29, 0.717) is 13.0 Å². The van der Waals surface area contributed by atoms with E-state index in [-0.39, 0.29) is 5.78 Å². The molecule has 0 aromatic heterocycles. The highest BCUT2D eigenvalue weighted by molar-refractivity contribution is 6.07. The maximum absolute atomic E-state index is 11.6. The van der Waals surface area contributed by atoms with Crippen molar-refractivity contribution >= 4 is 11.8 Å². The maximum Gasteiger partial charge on any atom is 0.333 e. The maximum atomic E-state index is 11.6. The summed E-state index contributed by atoms with van der Waals surface area (Å²) in [4.78, 5) is 23.1. The molecule has 0 bridgehead atoms. The van der Waals surface area contributed by atoms with Gasteiger partial charge in [0.05, 0.1) is 7.11 Å². The highest BCUT2D eigenvalue weighted by Gasteiger charge is 2.44. The van der Waals surface area contributed by atoms with Crippen molar-refractivity contribution in [1.82, 2.24) is 5.32 Å². The van der Waals surface area contributed by atoms with E-state index in [9.17, 15) is 9.59 Å². The Balaban J connectivity index is 2.88. The predicted octanol–water partition coefficient (Wildman–Crippen LogP) is 0.651. The van der Waals surface area contributed by atoms with Crippen LogP contribution in [-0.2, 0) is 14.3 Å². The highest BCUT2D eigenvalue weighted by Crippen LogP contribution is 2.21. The number of esters is 1. The van der Waals surface area contributed by atoms with E-state index >= 15 is 0 Å². The standard InChI is InChI=1S/C10H17NO3/c1-8(12)10(9(13)14-2)6-4-3-5-7-11-10/h11H,3-7H2,1-2H3. The fourth-order valence-electron chi connectivity index (χ4n) is 1.87. The molecule has 1 unspecified atom stereocenters. The molecule has 4 nitrogen and oxygen atoms in total. The monoisotopic (exact) mass is 199 g/mol. The van der Waals surface area contributed by atoms with E-state index < -0.39 is 11.5 Å². The molecule has 0 aromatic carbocycles. The molecule has 80 valence electrons. The van der Waals surface area contributed by atoms with E-state index in [2.05, 4.69) is 10.1 Å². The third-order valence-corrected chi connectivity index (χ3v) is 2.79. The number of carbonyl (C=O) groups is 2. The molecule has 1 rings (SSSR count). The fourth-order valence-corrected chi connectivity index (χ4v) is 1.87. The Morgan fingerprint density at radius 1 is 1.29 bits per heavy atom. The average molecular weight is 199 g/mol. The SMILES string of the molecule is COC(=O)C1(C(C)=O)CCCCCN1. The second-order valence-electron chi connectivity index (χ2n) is 3.69. The minimum Gasteiger partial charge on any atom is -0.467 e. The second-order valence-corrected chi connectivity index (χ2v) is 3.69. The molecule has 0 aliphatic carbocycles. The lowest BCUT2D eigenvalue weighted by atomic mass is 9.89. The number of ketones is 1. The van der Waals surface area contributed by atoms with Gasteiger partial charge in [-0.3, -0.25) is 10.1 Å². The normalized spacial score (nSPS) is 27.9. The largest absolute Gasteiger partial charge is 0.467 e. The van der Waals surface area contributed by atoms with Crippen molar-refractivity contribution < 1.29 is 14.3 Å². The molecule has 0 saturated carbocycles. The zero-order chi connectivity index (χ0) is 10.6. The molecule has 14 heavy (non-hydrogen) atoms. The van der Waals surface area contributed by atoms with Crippen LogP contribution in [0.25, 0.3) is 0 Å². The van der Waals surface area contributed by atoms with Gasteiger partial charge in [0.15, 0.2) is 11.3 Å². The van der Waals surface area contributed by atoms with E-state index in [4.69, 9.17) is 0 Å². The zero-order valence-corrected chi connectivity index (χ0v) is 8.76. The summed E-state index contributed by atoms with van der Waals surface area (Å²) >= 11 is 0. The summed E-state index contributed by atoms with van der Waals surface area (Å²) in [5, 5.41) is 3.02. The Morgan fingerprint density at radius 2 is 2.00 bits per heavy atom. The molecular formula is C10H17NO3. The lowest BCUT2D eigenvalue weighted by Crippen LogP contribution is -2.57. The summed E-state index contributed by atoms with van der Waals surface area (Å²) in [5.74, 6) is -0.599. The van der Waals surface area contributed by atoms with Gasteiger partial charge < -0.3 is 4.74 Å². The number of carbonyl (C=O) groups excluding carboxylic acids is 2. The summed E-state index contributed by atoms with van der Waals surface area (Å²) < 4.78 is 4.69. The van der Waals surface area contributed by atoms with E-state index in [0.717, 1.165) is 19.3 Å². The molecule has 0 amide bonds. The van der Waals surface area contributed by atoms with Crippen molar-refractivity contribution in [3.05, 3.63) is 0 Å². The Kier molecular flexibility index (Phi) is 3.63. The van der Waals surface area contributed by atoms with Crippen molar-refractivity contribution in [3.63, 3.8) is 0 Å². The molecule has 1 N–H and O–H groups in total. The van der Waals surface area contributed by atoms with Crippen LogP contribution in [0.3, 0.4) is 0 Å². The lowest BCUT2D eigenvalue weighted by molar-refractivity contribution is -0.153. The van der Waals surface area contributed by atoms with Crippen LogP contribution < -0.4 is 5.32 Å². The first kappa shape index (κ1) is 11.2. The average Bonchev–Trinajstić information content (AvgIpc) is 2.42. The van der Waals surface area contributed by atoms with Crippen molar-refractivity contribution in [2.24, 2.45) is 0 Å². The van der Waals surface area contributed by atoms with Crippen LogP contribution in [0.15, 0.2) is 0 Å². The number of nitrogens with one attached hydrogen (secondary N) is 1. The lowest BCUT2D eigenvalue weighted by Gasteiger charge is -2.27. The first-order valence-corrected chi connectivity index (χ1v) is 4.98. The molecular weight excluding hydrogens is 182 g/mol. The van der Waals surface area contributed by atoms with Gasteiger partial charge in [-0.05, 0) is 26.3 Å². The van der Waals surface area contributed by atoms with E-state index in [1.54, 1.807) is 0 Å². The molecule has 4 heteroatoms. The van der Waals surface area contributed by atoms with Crippen LogP contribution in [0.4, 0.5) is 0 Å². The van der Waals surface area contributed by atoms with Gasteiger partial charge in [-0.1, -0.05) is 12.8 Å². The topological polar surface area (TPSA) is 55.4 Å². The third-order valence-electron chi connectivity index (χ3n) is 2.79. The van der Waals surface area contributed by atoms with Gasteiger partial charge in [0.2, 0.25) is 0 Å². The van der Waals surface area contributed by atoms with Gasteiger partial charge in [0.1, 0.15) is 0 Å². The van der Waals surface area contributed by atoms with Crippen LogP contribution in [0.1, 0.15) is 32.6 Å². The molecule has 1 aliphatic rings. The summed E-state index contributed by atoms with van der Waals surface area (Å²) in [5.41, 5.74) is -1.08. The molecule has 0 aromatic rings. The van der Waals surface area contributed by atoms with Crippen LogP contribution in [0.5, 0.6) is 0 Å². The number of methoxy groups -OCH3 is 1. The molecule has 1 saturated heterocycles. The third kappa shape index (κ3) is 1.95. The van der Waals surface area contributed by atoms with Gasteiger partial charge in [0, 0.05) is 0 Å². The Bertz CT molecular complexity index is 230. The van der Waals surface area contributed by atoms with Crippen molar-refractivity contribution in [2.75, 3.05) is 13.7 Å². The number of ether oxygens (including phenoxy) is 1. The molecule has 0 radical (unpaired) electrons. The van der Waals surface area contributed by atoms with Gasteiger partial charge in [-0.2, -0.15) is 0 Å². The molecule has 0 spiro atoms. The van der Waals surface area contributed by atoms with E-state index in [1.807, 2.05) is 0 Å². The van der Waals surface area contributed by atoms with Crippen LogP contribution in [-0.4, -0.2) is 30.9 Å². The minimum absolute atomic E-state index is 0.147. The zero-order valence-electron chi connectivity index (χ0n) is 8.76. The van der Waals surface area contributed by atoms with Gasteiger partial charge in [0.25, 0.3) is 0 Å². The Labute approximate surface area is 84.0 Å². The molecule has 1 fully saturated rings. The number of rotatable bonds is 2. The first-order chi connectivity index (χ1) is 6.63. The van der Waals surface area contributed by atoms with Gasteiger partial charge in [-0.15, -0.1) is 0 Å². The van der Waals surface area contributed by atoms with Crippen LogP contribution in [0.2, 0.25) is 0 Å². The van der Waals surface area contributed by atoms with Crippen LogP contribution >= 0.6 is 0 Å². The summed E-state index contributed by atoms with van der Waals surface area (Å²) in [6.45, 7) is 2.14. The fraction of sp³-hybridized carbons (Fsp3) is 0.800. The van der Waals surface area contributed by atoms with Gasteiger partial charge in [-0.25, -0.2) is 4.79 Å². The quantitative estimate of drug-likeness (QED) is 0.524. The predicted molar refractivity (Wildman–Crippen MR) is 51.9 cm³/mol. The molecule has 1 atom stereocenters. The molecule has 1 aliphatic heterocycles. The van der Waals surface area contributed by atoms with Crippen molar-refractivity contribution in [2.45, 2.75) is 38.1 Å². The summed E-state index contributed by atoms with van der Waals surface area (Å²) in [7, 11) is 1.32. The van der Waals surface area contributed by atoms with Gasteiger partial charge >= 0.3 is 5.97 Å². The van der Waals surface area contributed by atoms with Crippen molar-refractivity contribution in [3.8, 4) is 0 Å². The first-order valence-electron chi connectivity index (χ1n) is 4.98. The van der Waals surface area contributed by atoms with Crippen LogP contribution in [0, 0.1) is 0 Å². The highest BCUT2D eigenvalue weighted by atomic mass is 16.5. The molecule has 1 heterocycles. The van der Waals surface area contributed by atoms with E-state index in [1.165, 1.54) is 14.0 Å². The summed E-state index contributed by atoms with van der Waals surface area (Å²) in [6, 6.07) is 0. The number of hydrogen-bond acceptors (Lipinski definition) is 4. The van der Waals surface area contributed by atoms with Crippen molar-refractivity contribution in [1.29, 1.82) is 0 Å². The second kappa shape index (κ2) is 4.55. The Morgan fingerprint density at radius 3 is 2.57 bits per heavy atom. The summed E-state index contributed by atoms with van der Waals surface area (Å²) in [6.07, 6.45) is 3.50. The minimum atomic E-state index is -1.08. The number of Topliss-reactive ketones (excluding diaryl/α,β-unsaturated/α-hetero) is 1. The Hall–Kier alpha value is -0.900. The number of hydrogen-bond donors (Lipinski definition) is 1.